The minimum absolute atomic E-state index is 0.0807. The van der Waals surface area contributed by atoms with E-state index < -0.39 is 18.0 Å². The molecule has 1 atom stereocenters. The average Bonchev–Trinajstić information content (AvgIpc) is 2.93. The van der Waals surface area contributed by atoms with Gasteiger partial charge in [0.1, 0.15) is 5.57 Å². The molecule has 0 amide bonds. The van der Waals surface area contributed by atoms with Crippen LogP contribution in [-0.4, -0.2) is 31.9 Å². The van der Waals surface area contributed by atoms with E-state index in [4.69, 9.17) is 18.9 Å². The maximum Gasteiger partial charge on any atom is 0.344 e. The molecule has 2 rings (SSSR count). The van der Waals surface area contributed by atoms with E-state index in [1.807, 2.05) is 0 Å². The predicted octanol–water partition coefficient (Wildman–Crippen LogP) is 1.92. The Kier molecular flexibility index (Phi) is 4.59. The summed E-state index contributed by atoms with van der Waals surface area (Å²) in [5.74, 6) is -0.0673. The highest BCUT2D eigenvalue weighted by Gasteiger charge is 2.22. The molecule has 1 heterocycles. The summed E-state index contributed by atoms with van der Waals surface area (Å²) in [6.45, 7) is 2.97. The Hall–Kier alpha value is -2.34. The molecule has 0 radical (unpaired) electrons. The minimum atomic E-state index is -0.742. The molecule has 0 N–H and O–H groups in total. The second kappa shape index (κ2) is 6.41. The van der Waals surface area contributed by atoms with Crippen molar-refractivity contribution in [2.24, 2.45) is 0 Å². The highest BCUT2D eigenvalue weighted by Crippen LogP contribution is 2.36. The monoisotopic (exact) mass is 292 g/mol. The van der Waals surface area contributed by atoms with Gasteiger partial charge in [0.2, 0.25) is 6.79 Å². The fourth-order valence-corrected chi connectivity index (χ4v) is 1.79. The van der Waals surface area contributed by atoms with Gasteiger partial charge >= 0.3 is 5.97 Å². The third-order valence-electron chi connectivity index (χ3n) is 2.93. The molecule has 0 saturated heterocycles. The zero-order valence-electron chi connectivity index (χ0n) is 12.0. The summed E-state index contributed by atoms with van der Waals surface area (Å²) in [4.78, 5) is 23.7. The summed E-state index contributed by atoms with van der Waals surface area (Å²) in [5.41, 5.74) is 0.500. The Morgan fingerprint density at radius 1 is 1.33 bits per heavy atom. The Bertz CT molecular complexity index is 590. The molecule has 112 valence electrons. The smallest absolute Gasteiger partial charge is 0.344 e. The van der Waals surface area contributed by atoms with Crippen LogP contribution in [0.3, 0.4) is 0 Å². The fourth-order valence-electron chi connectivity index (χ4n) is 1.79. The number of Topliss-reactive ketones (excluding diaryl/α,β-unsaturated/α-hetero) is 1. The number of rotatable bonds is 5. The topological polar surface area (TPSA) is 71.1 Å². The fraction of sp³-hybridized carbons (Fsp3) is 0.333. The zero-order chi connectivity index (χ0) is 15.4. The lowest BCUT2D eigenvalue weighted by Gasteiger charge is -2.12. The van der Waals surface area contributed by atoms with Crippen molar-refractivity contribution in [3.8, 4) is 11.5 Å². The van der Waals surface area contributed by atoms with Gasteiger partial charge in [-0.25, -0.2) is 4.79 Å². The van der Waals surface area contributed by atoms with Gasteiger partial charge in [0.25, 0.3) is 0 Å². The molecule has 0 fully saturated rings. The summed E-state index contributed by atoms with van der Waals surface area (Å²) in [5, 5.41) is 0. The number of fused-ring (bicyclic) bond motifs is 1. The molecule has 1 aliphatic rings. The van der Waals surface area contributed by atoms with E-state index >= 15 is 0 Å². The largest absolute Gasteiger partial charge is 0.454 e. The molecule has 0 saturated carbocycles. The molecule has 21 heavy (non-hydrogen) atoms. The predicted molar refractivity (Wildman–Crippen MR) is 73.8 cm³/mol. The molecule has 6 nitrogen and oxygen atoms in total. The van der Waals surface area contributed by atoms with Gasteiger partial charge in [0.15, 0.2) is 23.6 Å². The number of ketones is 1. The number of benzene rings is 1. The molecule has 1 aromatic rings. The van der Waals surface area contributed by atoms with E-state index in [9.17, 15) is 9.59 Å². The third kappa shape index (κ3) is 3.41. The Morgan fingerprint density at radius 2 is 2.10 bits per heavy atom. The third-order valence-corrected chi connectivity index (χ3v) is 2.93. The molecule has 0 aromatic heterocycles. The van der Waals surface area contributed by atoms with Crippen LogP contribution in [0.2, 0.25) is 0 Å². The lowest BCUT2D eigenvalue weighted by molar-refractivity contribution is -0.165. The van der Waals surface area contributed by atoms with Crippen LogP contribution in [0.15, 0.2) is 23.8 Å². The summed E-state index contributed by atoms with van der Waals surface area (Å²) in [7, 11) is 1.41. The molecule has 0 bridgehead atoms. The first-order chi connectivity index (χ1) is 10.0. The van der Waals surface area contributed by atoms with Crippen molar-refractivity contribution in [1.82, 2.24) is 0 Å². The van der Waals surface area contributed by atoms with Crippen LogP contribution in [0.4, 0.5) is 0 Å². The van der Waals surface area contributed by atoms with E-state index in [0.29, 0.717) is 17.1 Å². The molecular weight excluding hydrogens is 276 g/mol. The van der Waals surface area contributed by atoms with Gasteiger partial charge in [-0.05, 0) is 26.0 Å². The van der Waals surface area contributed by atoms with Crippen molar-refractivity contribution in [2.45, 2.75) is 20.1 Å². The average molecular weight is 292 g/mol. The van der Waals surface area contributed by atoms with E-state index in [1.165, 1.54) is 20.1 Å². The van der Waals surface area contributed by atoms with Gasteiger partial charge in [-0.15, -0.1) is 0 Å². The lowest BCUT2D eigenvalue weighted by atomic mass is 10.1. The number of carbonyl (C=O) groups is 2. The van der Waals surface area contributed by atoms with Crippen molar-refractivity contribution < 1.29 is 28.5 Å². The van der Waals surface area contributed by atoms with Gasteiger partial charge < -0.3 is 18.9 Å². The number of ether oxygens (including phenoxy) is 4. The number of methoxy groups -OCH3 is 1. The number of carbonyl (C=O) groups excluding carboxylic acids is 2. The zero-order valence-corrected chi connectivity index (χ0v) is 12.0. The molecular formula is C15H16O6. The number of hydrogen-bond donors (Lipinski definition) is 0. The van der Waals surface area contributed by atoms with E-state index in [-0.39, 0.29) is 12.4 Å². The first-order valence-corrected chi connectivity index (χ1v) is 6.38. The summed E-state index contributed by atoms with van der Waals surface area (Å²) in [6.07, 6.45) is 0.696. The molecule has 1 aliphatic heterocycles. The van der Waals surface area contributed by atoms with Crippen LogP contribution in [0.5, 0.6) is 11.5 Å². The normalized spacial score (nSPS) is 14.7. The van der Waals surface area contributed by atoms with Crippen molar-refractivity contribution in [1.29, 1.82) is 0 Å². The van der Waals surface area contributed by atoms with Gasteiger partial charge in [-0.2, -0.15) is 0 Å². The lowest BCUT2D eigenvalue weighted by Crippen LogP contribution is -2.20. The SMILES string of the molecule is COC(C)OC(=O)/C(=C\c1cccc2c1OCO2)C(C)=O. The van der Waals surface area contributed by atoms with Gasteiger partial charge in [0, 0.05) is 12.7 Å². The highest BCUT2D eigenvalue weighted by molar-refractivity contribution is 6.20. The van der Waals surface area contributed by atoms with Crippen LogP contribution < -0.4 is 9.47 Å². The molecule has 0 spiro atoms. The van der Waals surface area contributed by atoms with Crippen molar-refractivity contribution in [3.05, 3.63) is 29.3 Å². The Morgan fingerprint density at radius 3 is 2.76 bits per heavy atom. The van der Waals surface area contributed by atoms with E-state index in [0.717, 1.165) is 0 Å². The Balaban J connectivity index is 2.33. The highest BCUT2D eigenvalue weighted by atomic mass is 16.7. The van der Waals surface area contributed by atoms with Crippen LogP contribution in [0.25, 0.3) is 6.08 Å². The molecule has 0 aliphatic carbocycles. The van der Waals surface area contributed by atoms with Gasteiger partial charge in [-0.3, -0.25) is 4.79 Å². The maximum absolute atomic E-state index is 12.0. The first kappa shape index (κ1) is 15.1. The number of para-hydroxylation sites is 1. The summed E-state index contributed by atoms with van der Waals surface area (Å²) < 4.78 is 20.4. The van der Waals surface area contributed by atoms with Crippen molar-refractivity contribution in [2.75, 3.05) is 13.9 Å². The standard InChI is InChI=1S/C15H16O6/c1-9(16)12(15(17)21-10(2)18-3)7-11-5-4-6-13-14(11)20-8-19-13/h4-7,10H,8H2,1-3H3/b12-7-. The van der Waals surface area contributed by atoms with Crippen LogP contribution in [0.1, 0.15) is 19.4 Å². The number of esters is 1. The minimum Gasteiger partial charge on any atom is -0.454 e. The van der Waals surface area contributed by atoms with Crippen LogP contribution >= 0.6 is 0 Å². The number of hydrogen-bond acceptors (Lipinski definition) is 6. The van der Waals surface area contributed by atoms with Gasteiger partial charge in [0.05, 0.1) is 0 Å². The van der Waals surface area contributed by atoms with Crippen molar-refractivity contribution in [3.63, 3.8) is 0 Å². The first-order valence-electron chi connectivity index (χ1n) is 6.38. The van der Waals surface area contributed by atoms with Crippen LogP contribution in [-0.2, 0) is 19.1 Å². The molecule has 1 aromatic carbocycles. The summed E-state index contributed by atoms with van der Waals surface area (Å²) >= 11 is 0. The molecule has 6 heteroatoms. The van der Waals surface area contributed by atoms with E-state index in [2.05, 4.69) is 0 Å². The second-order valence-corrected chi connectivity index (χ2v) is 4.40. The quantitative estimate of drug-likeness (QED) is 0.271. The van der Waals surface area contributed by atoms with Crippen molar-refractivity contribution >= 4 is 17.8 Å². The van der Waals surface area contributed by atoms with Crippen LogP contribution in [0, 0.1) is 0 Å². The second-order valence-electron chi connectivity index (χ2n) is 4.40. The summed E-state index contributed by atoms with van der Waals surface area (Å²) in [6, 6.07) is 5.22. The van der Waals surface area contributed by atoms with Gasteiger partial charge in [-0.1, -0.05) is 12.1 Å². The Labute approximate surface area is 122 Å². The molecule has 1 unspecified atom stereocenters. The maximum atomic E-state index is 12.0. The van der Waals surface area contributed by atoms with E-state index in [1.54, 1.807) is 25.1 Å².